The quantitative estimate of drug-likeness (QED) is 0.757. The summed E-state index contributed by atoms with van der Waals surface area (Å²) in [5.41, 5.74) is 1.26. The zero-order valence-corrected chi connectivity index (χ0v) is 10.00. The maximum atomic E-state index is 11.0. The van der Waals surface area contributed by atoms with Crippen LogP contribution in [0, 0.1) is 0 Å². The molecule has 0 fully saturated rings. The van der Waals surface area contributed by atoms with Crippen LogP contribution in [-0.4, -0.2) is 18.4 Å². The first-order valence-corrected chi connectivity index (χ1v) is 5.50. The van der Waals surface area contributed by atoms with E-state index in [1.807, 2.05) is 18.2 Å². The van der Waals surface area contributed by atoms with E-state index >= 15 is 0 Å². The van der Waals surface area contributed by atoms with Crippen molar-refractivity contribution in [2.45, 2.75) is 6.61 Å². The number of rotatable bonds is 5. The van der Waals surface area contributed by atoms with Gasteiger partial charge in [0.2, 0.25) is 0 Å². The molecule has 0 radical (unpaired) electrons. The second kappa shape index (κ2) is 5.82. The van der Waals surface area contributed by atoms with Crippen molar-refractivity contribution >= 4 is 6.29 Å². The number of hydrogen-bond acceptors (Lipinski definition) is 4. The van der Waals surface area contributed by atoms with Crippen molar-refractivity contribution < 1.29 is 14.3 Å². The van der Waals surface area contributed by atoms with E-state index in [1.54, 1.807) is 24.4 Å². The summed E-state index contributed by atoms with van der Waals surface area (Å²) in [6.07, 6.45) is 2.44. The van der Waals surface area contributed by atoms with Gasteiger partial charge in [0, 0.05) is 6.20 Å². The van der Waals surface area contributed by atoms with Gasteiger partial charge in [-0.2, -0.15) is 0 Å². The molecule has 0 saturated carbocycles. The van der Waals surface area contributed by atoms with Crippen molar-refractivity contribution in [2.75, 3.05) is 7.11 Å². The van der Waals surface area contributed by atoms with Gasteiger partial charge in [-0.25, -0.2) is 0 Å². The Morgan fingerprint density at radius 2 is 2.11 bits per heavy atom. The Morgan fingerprint density at radius 1 is 1.22 bits per heavy atom. The molecule has 0 aliphatic heterocycles. The number of aromatic nitrogens is 1. The SMILES string of the molecule is COc1cccc(C=O)c1OCc1ccccn1. The monoisotopic (exact) mass is 243 g/mol. The van der Waals surface area contributed by atoms with Crippen LogP contribution < -0.4 is 9.47 Å². The Bertz CT molecular complexity index is 526. The molecule has 1 aromatic carbocycles. The van der Waals surface area contributed by atoms with Crippen LogP contribution in [0.3, 0.4) is 0 Å². The number of hydrogen-bond donors (Lipinski definition) is 0. The standard InChI is InChI=1S/C14H13NO3/c1-17-13-7-4-5-11(9-16)14(13)18-10-12-6-2-3-8-15-12/h2-9H,10H2,1H3. The fourth-order valence-electron chi connectivity index (χ4n) is 1.57. The molecule has 2 rings (SSSR count). The first kappa shape index (κ1) is 12.1. The molecule has 0 amide bonds. The van der Waals surface area contributed by atoms with Crippen molar-refractivity contribution in [1.82, 2.24) is 4.98 Å². The molecule has 0 saturated heterocycles. The molecule has 0 atom stereocenters. The van der Waals surface area contributed by atoms with E-state index in [0.717, 1.165) is 12.0 Å². The van der Waals surface area contributed by atoms with Gasteiger partial charge in [-0.05, 0) is 24.3 Å². The van der Waals surface area contributed by atoms with Crippen molar-refractivity contribution in [3.63, 3.8) is 0 Å². The Labute approximate surface area is 105 Å². The van der Waals surface area contributed by atoms with E-state index in [-0.39, 0.29) is 0 Å². The number of para-hydroxylation sites is 1. The third-order valence-corrected chi connectivity index (χ3v) is 2.45. The van der Waals surface area contributed by atoms with Crippen LogP contribution in [0.4, 0.5) is 0 Å². The highest BCUT2D eigenvalue weighted by atomic mass is 16.5. The highest BCUT2D eigenvalue weighted by molar-refractivity contribution is 5.81. The van der Waals surface area contributed by atoms with Crippen LogP contribution in [0.2, 0.25) is 0 Å². The smallest absolute Gasteiger partial charge is 0.172 e. The van der Waals surface area contributed by atoms with Crippen LogP contribution in [0.1, 0.15) is 16.1 Å². The normalized spacial score (nSPS) is 9.83. The minimum absolute atomic E-state index is 0.294. The number of ether oxygens (including phenoxy) is 2. The molecular weight excluding hydrogens is 230 g/mol. The Hall–Kier alpha value is -2.36. The first-order valence-electron chi connectivity index (χ1n) is 5.50. The van der Waals surface area contributed by atoms with Gasteiger partial charge in [0.15, 0.2) is 17.8 Å². The Kier molecular flexibility index (Phi) is 3.91. The molecule has 4 heteroatoms. The van der Waals surface area contributed by atoms with Crippen LogP contribution in [0.25, 0.3) is 0 Å². The fraction of sp³-hybridized carbons (Fsp3) is 0.143. The van der Waals surface area contributed by atoms with Crippen LogP contribution in [0.5, 0.6) is 11.5 Å². The number of methoxy groups -OCH3 is 1. The average molecular weight is 243 g/mol. The van der Waals surface area contributed by atoms with Crippen LogP contribution in [0.15, 0.2) is 42.6 Å². The molecule has 0 N–H and O–H groups in total. The van der Waals surface area contributed by atoms with Gasteiger partial charge in [0.1, 0.15) is 6.61 Å². The molecule has 1 aromatic heterocycles. The molecule has 0 bridgehead atoms. The second-order valence-corrected chi connectivity index (χ2v) is 3.61. The van der Waals surface area contributed by atoms with Crippen molar-refractivity contribution in [2.24, 2.45) is 0 Å². The molecule has 2 aromatic rings. The minimum atomic E-state index is 0.294. The number of benzene rings is 1. The molecule has 1 heterocycles. The summed E-state index contributed by atoms with van der Waals surface area (Å²) in [4.78, 5) is 15.1. The Balaban J connectivity index is 2.20. The summed E-state index contributed by atoms with van der Waals surface area (Å²) in [5, 5.41) is 0. The van der Waals surface area contributed by atoms with Crippen LogP contribution in [-0.2, 0) is 6.61 Å². The summed E-state index contributed by atoms with van der Waals surface area (Å²) in [7, 11) is 1.54. The zero-order chi connectivity index (χ0) is 12.8. The van der Waals surface area contributed by atoms with Crippen molar-refractivity contribution in [3.05, 3.63) is 53.9 Å². The third-order valence-electron chi connectivity index (χ3n) is 2.45. The molecule has 0 unspecified atom stereocenters. The lowest BCUT2D eigenvalue weighted by atomic mass is 10.2. The van der Waals surface area contributed by atoms with Gasteiger partial charge < -0.3 is 9.47 Å². The van der Waals surface area contributed by atoms with Gasteiger partial charge in [0.25, 0.3) is 0 Å². The van der Waals surface area contributed by atoms with Crippen molar-refractivity contribution in [3.8, 4) is 11.5 Å². The maximum Gasteiger partial charge on any atom is 0.172 e. The molecule has 0 spiro atoms. The lowest BCUT2D eigenvalue weighted by Crippen LogP contribution is -2.01. The van der Waals surface area contributed by atoms with Gasteiger partial charge in [0.05, 0.1) is 18.4 Å². The number of carbonyl (C=O) groups is 1. The van der Waals surface area contributed by atoms with Crippen LogP contribution >= 0.6 is 0 Å². The zero-order valence-electron chi connectivity index (χ0n) is 10.00. The molecule has 4 nitrogen and oxygen atoms in total. The predicted molar refractivity (Wildman–Crippen MR) is 67.0 cm³/mol. The van der Waals surface area contributed by atoms with E-state index in [0.29, 0.717) is 23.7 Å². The lowest BCUT2D eigenvalue weighted by molar-refractivity contribution is 0.111. The highest BCUT2D eigenvalue weighted by Crippen LogP contribution is 2.30. The summed E-state index contributed by atoms with van der Waals surface area (Å²) < 4.78 is 10.8. The topological polar surface area (TPSA) is 48.4 Å². The van der Waals surface area contributed by atoms with Gasteiger partial charge >= 0.3 is 0 Å². The third kappa shape index (κ3) is 2.66. The lowest BCUT2D eigenvalue weighted by Gasteiger charge is -2.11. The summed E-state index contributed by atoms with van der Waals surface area (Å²) in [6.45, 7) is 0.294. The van der Waals surface area contributed by atoms with E-state index in [2.05, 4.69) is 4.98 Å². The van der Waals surface area contributed by atoms with Gasteiger partial charge in [-0.3, -0.25) is 9.78 Å². The number of nitrogens with zero attached hydrogens (tertiary/aromatic N) is 1. The number of carbonyl (C=O) groups excluding carboxylic acids is 1. The molecule has 92 valence electrons. The van der Waals surface area contributed by atoms with Gasteiger partial charge in [-0.15, -0.1) is 0 Å². The second-order valence-electron chi connectivity index (χ2n) is 3.61. The first-order chi connectivity index (χ1) is 8.85. The summed E-state index contributed by atoms with van der Waals surface area (Å²) in [6, 6.07) is 10.8. The number of pyridine rings is 1. The Morgan fingerprint density at radius 3 is 2.78 bits per heavy atom. The largest absolute Gasteiger partial charge is 0.493 e. The van der Waals surface area contributed by atoms with Gasteiger partial charge in [-0.1, -0.05) is 12.1 Å². The van der Waals surface area contributed by atoms with E-state index in [1.165, 1.54) is 7.11 Å². The molecular formula is C14H13NO3. The summed E-state index contributed by atoms with van der Waals surface area (Å²) >= 11 is 0. The maximum absolute atomic E-state index is 11.0. The average Bonchev–Trinajstić information content (AvgIpc) is 2.45. The molecule has 18 heavy (non-hydrogen) atoms. The van der Waals surface area contributed by atoms with Crippen molar-refractivity contribution in [1.29, 1.82) is 0 Å². The summed E-state index contributed by atoms with van der Waals surface area (Å²) in [5.74, 6) is 0.983. The molecule has 0 aliphatic rings. The fourth-order valence-corrected chi connectivity index (χ4v) is 1.57. The highest BCUT2D eigenvalue weighted by Gasteiger charge is 2.10. The van der Waals surface area contributed by atoms with E-state index in [9.17, 15) is 4.79 Å². The number of aldehydes is 1. The van der Waals surface area contributed by atoms with E-state index < -0.39 is 0 Å². The van der Waals surface area contributed by atoms with E-state index in [4.69, 9.17) is 9.47 Å². The minimum Gasteiger partial charge on any atom is -0.493 e. The molecule has 0 aliphatic carbocycles. The predicted octanol–water partition coefficient (Wildman–Crippen LogP) is 2.48.